The van der Waals surface area contributed by atoms with Gasteiger partial charge in [-0.3, -0.25) is 14.5 Å². The van der Waals surface area contributed by atoms with Crippen LogP contribution >= 0.6 is 0 Å². The smallest absolute Gasteiger partial charge is 0.414 e. The average Bonchev–Trinajstić information content (AvgIpc) is 3.80. The summed E-state index contributed by atoms with van der Waals surface area (Å²) in [6.45, 7) is 11.7. The zero-order chi connectivity index (χ0) is 32.1. The minimum absolute atomic E-state index is 0.0784. The first kappa shape index (κ1) is 31.1. The monoisotopic (exact) mass is 617 g/mol. The van der Waals surface area contributed by atoms with Crippen LogP contribution in [0.25, 0.3) is 0 Å². The number of carbonyl (C=O) groups is 3. The Hall–Kier alpha value is -3.89. The molecule has 0 saturated carbocycles. The molecule has 4 aliphatic heterocycles. The van der Waals surface area contributed by atoms with Crippen molar-refractivity contribution in [2.45, 2.75) is 63.2 Å². The number of aliphatic hydroxyl groups is 1. The van der Waals surface area contributed by atoms with Crippen LogP contribution < -0.4 is 14.5 Å². The van der Waals surface area contributed by atoms with Gasteiger partial charge in [-0.25, -0.2) is 4.79 Å². The largest absolute Gasteiger partial charge is 0.497 e. The van der Waals surface area contributed by atoms with E-state index in [1.165, 1.54) is 0 Å². The van der Waals surface area contributed by atoms with Crippen molar-refractivity contribution in [2.24, 2.45) is 11.8 Å². The summed E-state index contributed by atoms with van der Waals surface area (Å²) >= 11 is 0. The maximum atomic E-state index is 14.7. The van der Waals surface area contributed by atoms with Crippen molar-refractivity contribution >= 4 is 29.3 Å². The Bertz CT molecular complexity index is 1490. The third kappa shape index (κ3) is 4.89. The van der Waals surface area contributed by atoms with Crippen molar-refractivity contribution in [1.82, 2.24) is 4.90 Å². The zero-order valence-corrected chi connectivity index (χ0v) is 26.5. The highest BCUT2D eigenvalue weighted by molar-refractivity contribution is 6.08. The number of methoxy groups -OCH3 is 1. The number of amides is 3. The molecule has 0 aliphatic carbocycles. The van der Waals surface area contributed by atoms with Crippen LogP contribution in [0.15, 0.2) is 55.1 Å². The Morgan fingerprint density at radius 3 is 2.58 bits per heavy atom. The third-order valence-electron chi connectivity index (χ3n) is 10.5. The molecule has 6 rings (SSSR count). The van der Waals surface area contributed by atoms with E-state index in [-0.39, 0.29) is 49.3 Å². The Morgan fingerprint density at radius 1 is 1.18 bits per heavy atom. The standard InChI is InChI=1S/C35H43N3O7/c1-6-15-38-28-14-11-24(37-17-18-44-33(37)42)19-27(28)35(32(38)41)22(2)31(34(3,4)23-9-12-26(43-5)13-10-23)29(45-35)20-30(40)36-16-7-8-25(36)21-39/h6,9-14,19,22,25,29,31,39H,1,7-8,15-18,20-21H2,2-5H3/t22-,25+,29+,31-,35+/m1/s1. The van der Waals surface area contributed by atoms with E-state index in [0.29, 0.717) is 36.6 Å². The molecule has 240 valence electrons. The van der Waals surface area contributed by atoms with Gasteiger partial charge in [-0.05, 0) is 54.2 Å². The number of likely N-dealkylation sites (tertiary alicyclic amines) is 1. The lowest BCUT2D eigenvalue weighted by atomic mass is 9.63. The molecule has 3 saturated heterocycles. The highest BCUT2D eigenvalue weighted by Gasteiger charge is 2.66. The summed E-state index contributed by atoms with van der Waals surface area (Å²) in [5.74, 6) is -0.165. The number of rotatable bonds is 9. The lowest BCUT2D eigenvalue weighted by Crippen LogP contribution is -2.46. The first-order valence-corrected chi connectivity index (χ1v) is 15.8. The molecule has 2 aromatic carbocycles. The summed E-state index contributed by atoms with van der Waals surface area (Å²) in [6, 6.07) is 13.3. The fraction of sp³-hybridized carbons (Fsp3) is 0.514. The molecule has 3 fully saturated rings. The van der Waals surface area contributed by atoms with Crippen molar-refractivity contribution in [2.75, 3.05) is 49.8 Å². The van der Waals surface area contributed by atoms with Crippen LogP contribution in [0, 0.1) is 11.8 Å². The molecule has 10 heteroatoms. The molecule has 4 heterocycles. The fourth-order valence-electron chi connectivity index (χ4n) is 8.25. The Balaban J connectivity index is 1.47. The van der Waals surface area contributed by atoms with Crippen LogP contribution in [-0.2, 0) is 30.1 Å². The summed E-state index contributed by atoms with van der Waals surface area (Å²) < 4.78 is 17.7. The number of ether oxygens (including phenoxy) is 3. The number of carbonyl (C=O) groups excluding carboxylic acids is 3. The highest BCUT2D eigenvalue weighted by Crippen LogP contribution is 2.60. The number of fused-ring (bicyclic) bond motifs is 2. The molecular formula is C35H43N3O7. The molecule has 0 radical (unpaired) electrons. The average molecular weight is 618 g/mol. The maximum Gasteiger partial charge on any atom is 0.414 e. The first-order chi connectivity index (χ1) is 21.6. The van der Waals surface area contributed by atoms with E-state index < -0.39 is 23.2 Å². The molecule has 0 aromatic heterocycles. The van der Waals surface area contributed by atoms with E-state index in [2.05, 4.69) is 20.4 Å². The minimum atomic E-state index is -1.39. The topological polar surface area (TPSA) is 109 Å². The van der Waals surface area contributed by atoms with Crippen LogP contribution in [0.4, 0.5) is 16.2 Å². The number of anilines is 2. The number of nitrogens with zero attached hydrogens (tertiary/aromatic N) is 3. The summed E-state index contributed by atoms with van der Waals surface area (Å²) in [5, 5.41) is 9.96. The van der Waals surface area contributed by atoms with Crippen molar-refractivity contribution in [3.05, 3.63) is 66.2 Å². The molecule has 1 N–H and O–H groups in total. The van der Waals surface area contributed by atoms with Crippen LogP contribution in [0.2, 0.25) is 0 Å². The molecule has 2 aromatic rings. The van der Waals surface area contributed by atoms with Gasteiger partial charge in [0, 0.05) is 36.2 Å². The molecule has 1 spiro atoms. The fourth-order valence-corrected chi connectivity index (χ4v) is 8.25. The zero-order valence-electron chi connectivity index (χ0n) is 26.5. The van der Waals surface area contributed by atoms with Crippen LogP contribution in [0.5, 0.6) is 5.75 Å². The van der Waals surface area contributed by atoms with Crippen LogP contribution in [-0.4, -0.2) is 80.0 Å². The number of hydrogen-bond acceptors (Lipinski definition) is 7. The van der Waals surface area contributed by atoms with Crippen molar-refractivity contribution in [3.63, 3.8) is 0 Å². The van der Waals surface area contributed by atoms with E-state index in [1.807, 2.05) is 49.4 Å². The van der Waals surface area contributed by atoms with Gasteiger partial charge in [-0.2, -0.15) is 0 Å². The molecule has 10 nitrogen and oxygen atoms in total. The third-order valence-corrected chi connectivity index (χ3v) is 10.5. The molecular weight excluding hydrogens is 574 g/mol. The van der Waals surface area contributed by atoms with Gasteiger partial charge in [0.05, 0.1) is 44.5 Å². The second-order valence-corrected chi connectivity index (χ2v) is 13.1. The Morgan fingerprint density at radius 2 is 1.93 bits per heavy atom. The van der Waals surface area contributed by atoms with Gasteiger partial charge in [0.15, 0.2) is 5.60 Å². The highest BCUT2D eigenvalue weighted by atomic mass is 16.6. The van der Waals surface area contributed by atoms with Gasteiger partial charge >= 0.3 is 6.09 Å². The van der Waals surface area contributed by atoms with Crippen LogP contribution in [0.3, 0.4) is 0 Å². The number of benzene rings is 2. The molecule has 0 unspecified atom stereocenters. The van der Waals surface area contributed by atoms with Crippen molar-refractivity contribution < 1.29 is 33.7 Å². The number of hydrogen-bond donors (Lipinski definition) is 1. The lowest BCUT2D eigenvalue weighted by Gasteiger charge is -2.39. The molecule has 3 amide bonds. The molecule has 5 atom stereocenters. The van der Waals surface area contributed by atoms with Gasteiger partial charge in [0.2, 0.25) is 5.91 Å². The van der Waals surface area contributed by atoms with Crippen molar-refractivity contribution in [3.8, 4) is 5.75 Å². The van der Waals surface area contributed by atoms with Gasteiger partial charge in [0.1, 0.15) is 12.4 Å². The van der Waals surface area contributed by atoms with E-state index >= 15 is 0 Å². The minimum Gasteiger partial charge on any atom is -0.497 e. The van der Waals surface area contributed by atoms with E-state index in [9.17, 15) is 19.5 Å². The van der Waals surface area contributed by atoms with E-state index in [0.717, 1.165) is 24.2 Å². The number of cyclic esters (lactones) is 1. The maximum absolute atomic E-state index is 14.7. The Kier molecular flexibility index (Phi) is 8.16. The lowest BCUT2D eigenvalue weighted by molar-refractivity contribution is -0.150. The van der Waals surface area contributed by atoms with E-state index in [4.69, 9.17) is 14.2 Å². The summed E-state index contributed by atoms with van der Waals surface area (Å²) in [7, 11) is 1.63. The van der Waals surface area contributed by atoms with Gasteiger partial charge in [-0.1, -0.05) is 39.0 Å². The second-order valence-electron chi connectivity index (χ2n) is 13.1. The van der Waals surface area contributed by atoms with Gasteiger partial charge in [-0.15, -0.1) is 6.58 Å². The Labute approximate surface area is 264 Å². The predicted octanol–water partition coefficient (Wildman–Crippen LogP) is 4.38. The van der Waals surface area contributed by atoms with Crippen molar-refractivity contribution in [1.29, 1.82) is 0 Å². The normalized spacial score (nSPS) is 27.8. The summed E-state index contributed by atoms with van der Waals surface area (Å²) in [4.78, 5) is 46.1. The van der Waals surface area contributed by atoms with Gasteiger partial charge in [0.25, 0.3) is 5.91 Å². The van der Waals surface area contributed by atoms with Gasteiger partial charge < -0.3 is 29.1 Å². The quantitative estimate of drug-likeness (QED) is 0.416. The molecule has 0 bridgehead atoms. The predicted molar refractivity (Wildman–Crippen MR) is 169 cm³/mol. The van der Waals surface area contributed by atoms with Crippen LogP contribution in [0.1, 0.15) is 51.2 Å². The molecule has 4 aliphatic rings. The van der Waals surface area contributed by atoms with E-state index in [1.54, 1.807) is 27.9 Å². The number of aliphatic hydroxyl groups excluding tert-OH is 1. The summed E-state index contributed by atoms with van der Waals surface area (Å²) in [5.41, 5.74) is 1.14. The SMILES string of the molecule is C=CCN1C(=O)[C@@]2(O[C@@H](CC(=O)N3CCC[C@H]3CO)[C@H](C(C)(C)c3ccc(OC)cc3)[C@H]2C)c2cc(N3CCOC3=O)ccc21. The first-order valence-electron chi connectivity index (χ1n) is 15.8. The second kappa shape index (κ2) is 11.8. The summed E-state index contributed by atoms with van der Waals surface area (Å²) in [6.07, 6.45) is 2.34. The molecule has 45 heavy (non-hydrogen) atoms.